The highest BCUT2D eigenvalue weighted by molar-refractivity contribution is 7.17. The number of nitrogens with zero attached hydrogens (tertiary/aromatic N) is 1. The van der Waals surface area contributed by atoms with Gasteiger partial charge in [-0.1, -0.05) is 18.2 Å². The zero-order valence-electron chi connectivity index (χ0n) is 13.2. The number of carbonyl (C=O) groups excluding carboxylic acids is 2. The van der Waals surface area contributed by atoms with Crippen molar-refractivity contribution in [1.29, 1.82) is 5.26 Å². The van der Waals surface area contributed by atoms with Crippen LogP contribution < -0.4 is 5.32 Å². The van der Waals surface area contributed by atoms with Crippen LogP contribution in [-0.4, -0.2) is 11.9 Å². The van der Waals surface area contributed by atoms with Gasteiger partial charge in [-0.15, -0.1) is 11.3 Å². The maximum absolute atomic E-state index is 12.2. The van der Waals surface area contributed by atoms with Crippen molar-refractivity contribution in [2.75, 3.05) is 5.32 Å². The molecule has 1 aromatic heterocycles. The zero-order valence-corrected chi connectivity index (χ0v) is 14.0. The molecular weight excluding hydrogens is 336 g/mol. The molecule has 25 heavy (non-hydrogen) atoms. The first-order valence-electron chi connectivity index (χ1n) is 7.56. The molecule has 0 unspecified atom stereocenters. The summed E-state index contributed by atoms with van der Waals surface area (Å²) in [6, 6.07) is 16.1. The number of fused-ring (bicyclic) bond motifs is 1. The van der Waals surface area contributed by atoms with Gasteiger partial charge in [0, 0.05) is 16.0 Å². The lowest BCUT2D eigenvalue weighted by atomic mass is 10.2. The summed E-state index contributed by atoms with van der Waals surface area (Å²) in [5, 5.41) is 14.1. The van der Waals surface area contributed by atoms with Crippen LogP contribution in [0.15, 0.2) is 53.9 Å². The quantitative estimate of drug-likeness (QED) is 0.702. The second-order valence-electron chi connectivity index (χ2n) is 5.29. The largest absolute Gasteiger partial charge is 0.457 e. The van der Waals surface area contributed by atoms with Crippen LogP contribution in [0.3, 0.4) is 0 Å². The Labute approximate surface area is 148 Å². The van der Waals surface area contributed by atoms with Crippen LogP contribution >= 0.6 is 11.3 Å². The van der Waals surface area contributed by atoms with Crippen molar-refractivity contribution in [2.24, 2.45) is 0 Å². The van der Waals surface area contributed by atoms with Crippen molar-refractivity contribution in [3.8, 4) is 6.07 Å². The van der Waals surface area contributed by atoms with Crippen LogP contribution in [0.2, 0.25) is 0 Å². The maximum Gasteiger partial charge on any atom is 0.338 e. The van der Waals surface area contributed by atoms with E-state index >= 15 is 0 Å². The first kappa shape index (κ1) is 16.7. The summed E-state index contributed by atoms with van der Waals surface area (Å²) in [5.74, 6) is -0.813. The summed E-state index contributed by atoms with van der Waals surface area (Å²) in [7, 11) is 0. The van der Waals surface area contributed by atoms with Crippen molar-refractivity contribution in [3.63, 3.8) is 0 Å². The molecule has 124 valence electrons. The van der Waals surface area contributed by atoms with E-state index in [-0.39, 0.29) is 18.9 Å². The molecule has 0 saturated heterocycles. The molecule has 0 radical (unpaired) electrons. The van der Waals surface area contributed by atoms with Crippen molar-refractivity contribution >= 4 is 39.0 Å². The zero-order chi connectivity index (χ0) is 17.6. The van der Waals surface area contributed by atoms with Crippen molar-refractivity contribution < 1.29 is 14.3 Å². The Morgan fingerprint density at radius 1 is 1.12 bits per heavy atom. The molecule has 0 atom stereocenters. The van der Waals surface area contributed by atoms with E-state index in [1.54, 1.807) is 41.7 Å². The number of esters is 1. The van der Waals surface area contributed by atoms with Gasteiger partial charge in [0.25, 0.3) is 0 Å². The second-order valence-corrected chi connectivity index (χ2v) is 6.20. The standard InChI is InChI=1S/C19H14N2O3S/c20-10-9-18(22)21-15-7-5-13(6-8-15)19(23)24-11-14-12-25-17-4-2-1-3-16(14)17/h1-8,12H,9,11H2,(H,21,22). The van der Waals surface area contributed by atoms with Gasteiger partial charge in [-0.05, 0) is 41.1 Å². The fourth-order valence-electron chi connectivity index (χ4n) is 2.34. The minimum absolute atomic E-state index is 0.210. The topological polar surface area (TPSA) is 79.2 Å². The van der Waals surface area contributed by atoms with E-state index < -0.39 is 5.97 Å². The van der Waals surface area contributed by atoms with E-state index in [2.05, 4.69) is 5.32 Å². The van der Waals surface area contributed by atoms with E-state index in [0.717, 1.165) is 15.6 Å². The highest BCUT2D eigenvalue weighted by atomic mass is 32.1. The van der Waals surface area contributed by atoms with Crippen molar-refractivity contribution in [1.82, 2.24) is 0 Å². The van der Waals surface area contributed by atoms with Crippen LogP contribution in [0.1, 0.15) is 22.3 Å². The van der Waals surface area contributed by atoms with E-state index in [1.165, 1.54) is 0 Å². The minimum Gasteiger partial charge on any atom is -0.457 e. The Morgan fingerprint density at radius 3 is 2.64 bits per heavy atom. The van der Waals surface area contributed by atoms with Gasteiger partial charge in [-0.25, -0.2) is 4.79 Å². The molecule has 0 bridgehead atoms. The highest BCUT2D eigenvalue weighted by Gasteiger charge is 2.10. The van der Waals surface area contributed by atoms with Gasteiger partial charge in [0.15, 0.2) is 0 Å². The first-order chi connectivity index (χ1) is 12.2. The molecule has 1 N–H and O–H groups in total. The van der Waals surface area contributed by atoms with E-state index in [9.17, 15) is 9.59 Å². The van der Waals surface area contributed by atoms with Gasteiger partial charge < -0.3 is 10.1 Å². The van der Waals surface area contributed by atoms with E-state index in [4.69, 9.17) is 10.00 Å². The lowest BCUT2D eigenvalue weighted by Crippen LogP contribution is -2.10. The molecule has 0 fully saturated rings. The van der Waals surface area contributed by atoms with E-state index in [0.29, 0.717) is 11.3 Å². The molecule has 2 aromatic carbocycles. The molecular formula is C19H14N2O3S. The molecule has 0 spiro atoms. The summed E-state index contributed by atoms with van der Waals surface area (Å²) in [4.78, 5) is 23.5. The lowest BCUT2D eigenvalue weighted by molar-refractivity contribution is -0.115. The maximum atomic E-state index is 12.2. The molecule has 3 aromatic rings. The number of nitriles is 1. The second kappa shape index (κ2) is 7.60. The minimum atomic E-state index is -0.426. The number of ether oxygens (including phenoxy) is 1. The normalized spacial score (nSPS) is 10.2. The van der Waals surface area contributed by atoms with Crippen LogP contribution in [0.25, 0.3) is 10.1 Å². The number of amides is 1. The lowest BCUT2D eigenvalue weighted by Gasteiger charge is -2.06. The predicted molar refractivity (Wildman–Crippen MR) is 96.2 cm³/mol. The van der Waals surface area contributed by atoms with Gasteiger partial charge in [0.05, 0.1) is 11.6 Å². The highest BCUT2D eigenvalue weighted by Crippen LogP contribution is 2.26. The fourth-order valence-corrected chi connectivity index (χ4v) is 3.29. The monoisotopic (exact) mass is 350 g/mol. The number of benzene rings is 2. The summed E-state index contributed by atoms with van der Waals surface area (Å²) < 4.78 is 6.54. The third-order valence-corrected chi connectivity index (χ3v) is 4.58. The number of nitrogens with one attached hydrogen (secondary N) is 1. The van der Waals surface area contributed by atoms with Crippen LogP contribution in [0, 0.1) is 11.3 Å². The molecule has 3 rings (SSSR count). The van der Waals surface area contributed by atoms with Gasteiger partial charge in [0.1, 0.15) is 13.0 Å². The molecule has 0 aliphatic rings. The average molecular weight is 350 g/mol. The fraction of sp³-hybridized carbons (Fsp3) is 0.105. The molecule has 0 saturated carbocycles. The third kappa shape index (κ3) is 4.03. The SMILES string of the molecule is N#CCC(=O)Nc1ccc(C(=O)OCc2csc3ccccc23)cc1. The average Bonchev–Trinajstić information content (AvgIpc) is 3.04. The third-order valence-electron chi connectivity index (χ3n) is 3.56. The summed E-state index contributed by atoms with van der Waals surface area (Å²) >= 11 is 1.62. The number of thiophene rings is 1. The van der Waals surface area contributed by atoms with Gasteiger partial charge >= 0.3 is 5.97 Å². The number of rotatable bonds is 5. The molecule has 0 aliphatic carbocycles. The van der Waals surface area contributed by atoms with Gasteiger partial charge in [-0.2, -0.15) is 5.26 Å². The molecule has 6 heteroatoms. The van der Waals surface area contributed by atoms with Crippen molar-refractivity contribution in [2.45, 2.75) is 13.0 Å². The number of carbonyl (C=O) groups is 2. The van der Waals surface area contributed by atoms with Crippen LogP contribution in [0.5, 0.6) is 0 Å². The molecule has 5 nitrogen and oxygen atoms in total. The van der Waals surface area contributed by atoms with Crippen LogP contribution in [0.4, 0.5) is 5.69 Å². The first-order valence-corrected chi connectivity index (χ1v) is 8.44. The smallest absolute Gasteiger partial charge is 0.338 e. The Kier molecular flexibility index (Phi) is 5.07. The molecule has 1 amide bonds. The summed E-state index contributed by atoms with van der Waals surface area (Å²) in [6.07, 6.45) is -0.210. The molecule has 1 heterocycles. The number of hydrogen-bond acceptors (Lipinski definition) is 5. The summed E-state index contributed by atoms with van der Waals surface area (Å²) in [5.41, 5.74) is 1.91. The predicted octanol–water partition coefficient (Wildman–Crippen LogP) is 4.11. The Balaban J connectivity index is 1.61. The molecule has 0 aliphatic heterocycles. The van der Waals surface area contributed by atoms with Crippen LogP contribution in [-0.2, 0) is 16.1 Å². The van der Waals surface area contributed by atoms with E-state index in [1.807, 2.05) is 29.6 Å². The number of hydrogen-bond donors (Lipinski definition) is 1. The van der Waals surface area contributed by atoms with Gasteiger partial charge in [-0.3, -0.25) is 4.79 Å². The Morgan fingerprint density at radius 2 is 1.88 bits per heavy atom. The number of anilines is 1. The van der Waals surface area contributed by atoms with Crippen molar-refractivity contribution in [3.05, 3.63) is 65.0 Å². The Bertz CT molecular complexity index is 955. The summed E-state index contributed by atoms with van der Waals surface area (Å²) in [6.45, 7) is 0.212. The van der Waals surface area contributed by atoms with Gasteiger partial charge in [0.2, 0.25) is 5.91 Å². The Hall–Kier alpha value is -3.17.